The van der Waals surface area contributed by atoms with E-state index in [0.29, 0.717) is 5.56 Å². The zero-order valence-electron chi connectivity index (χ0n) is 15.9. The Balaban J connectivity index is 2.27. The van der Waals surface area contributed by atoms with Gasteiger partial charge < -0.3 is 10.1 Å². The molecule has 0 radical (unpaired) electrons. The van der Waals surface area contributed by atoms with Crippen molar-refractivity contribution in [2.45, 2.75) is 26.3 Å². The highest BCUT2D eigenvalue weighted by Crippen LogP contribution is 2.26. The van der Waals surface area contributed by atoms with Crippen molar-refractivity contribution in [1.82, 2.24) is 18.7 Å². The molecule has 0 amide bonds. The number of ketones is 1. The number of hydrogen-bond donors (Lipinski definition) is 0. The topological polar surface area (TPSA) is 122 Å². The van der Waals surface area contributed by atoms with E-state index < -0.39 is 33.9 Å². The van der Waals surface area contributed by atoms with Crippen molar-refractivity contribution >= 4 is 22.9 Å². The van der Waals surface area contributed by atoms with E-state index in [1.807, 2.05) is 19.1 Å². The number of nitrogens with zero attached hydrogens (tertiary/aromatic N) is 5. The van der Waals surface area contributed by atoms with Crippen LogP contribution in [0.3, 0.4) is 0 Å². The smallest absolute Gasteiger partial charge is 0.390 e. The van der Waals surface area contributed by atoms with Gasteiger partial charge in [-0.25, -0.2) is 4.79 Å². The molecule has 0 fully saturated rings. The van der Waals surface area contributed by atoms with Crippen LogP contribution < -0.4 is 11.2 Å². The molecule has 0 saturated heterocycles. The molecule has 0 N–H and O–H groups in total. The van der Waals surface area contributed by atoms with E-state index in [-0.39, 0.29) is 11.2 Å². The van der Waals surface area contributed by atoms with Crippen LogP contribution in [0.5, 0.6) is 0 Å². The Kier molecular flexibility index (Phi) is 4.72. The third-order valence-corrected chi connectivity index (χ3v) is 4.84. The molecule has 28 heavy (non-hydrogen) atoms. The van der Waals surface area contributed by atoms with Gasteiger partial charge in [-0.3, -0.25) is 18.7 Å². The van der Waals surface area contributed by atoms with E-state index in [4.69, 9.17) is 0 Å². The third kappa shape index (κ3) is 2.82. The first-order chi connectivity index (χ1) is 13.2. The molecule has 10 heteroatoms. The zero-order chi connectivity index (χ0) is 20.7. The van der Waals surface area contributed by atoms with Gasteiger partial charge in [0.15, 0.2) is 5.78 Å². The van der Waals surface area contributed by atoms with Crippen molar-refractivity contribution in [1.29, 1.82) is 0 Å². The lowest BCUT2D eigenvalue weighted by Gasteiger charge is -2.13. The molecule has 0 aliphatic rings. The van der Waals surface area contributed by atoms with Crippen LogP contribution in [0.2, 0.25) is 0 Å². The summed E-state index contributed by atoms with van der Waals surface area (Å²) >= 11 is 0. The van der Waals surface area contributed by atoms with Crippen molar-refractivity contribution in [2.24, 2.45) is 14.1 Å². The van der Waals surface area contributed by atoms with Gasteiger partial charge in [-0.2, -0.15) is 4.57 Å². The molecule has 146 valence electrons. The largest absolute Gasteiger partial charge is 0.437 e. The Morgan fingerprint density at radius 2 is 1.79 bits per heavy atom. The average Bonchev–Trinajstić information content (AvgIpc) is 3.10. The maximum atomic E-state index is 13.0. The molecule has 1 aromatic carbocycles. The Hall–Kier alpha value is -3.56. The van der Waals surface area contributed by atoms with Gasteiger partial charge in [0.25, 0.3) is 5.52 Å². The second-order valence-electron chi connectivity index (χ2n) is 6.51. The summed E-state index contributed by atoms with van der Waals surface area (Å²) in [5.74, 6) is -1.06. The number of fused-ring (bicyclic) bond motifs is 1. The minimum absolute atomic E-state index is 0.0640. The lowest BCUT2D eigenvalue weighted by molar-refractivity contribution is -0.396. The molecule has 0 saturated carbocycles. The highest BCUT2D eigenvalue weighted by atomic mass is 16.6. The van der Waals surface area contributed by atoms with Gasteiger partial charge in [0, 0.05) is 19.7 Å². The maximum Gasteiger partial charge on any atom is 0.437 e. The van der Waals surface area contributed by atoms with Gasteiger partial charge in [-0.05, 0) is 23.8 Å². The Bertz CT molecular complexity index is 1220. The summed E-state index contributed by atoms with van der Waals surface area (Å²) in [6.07, 6.45) is 0.813. The number of aryl methyl sites for hydroxylation is 2. The number of nitro groups is 1. The Labute approximate surface area is 158 Å². The number of rotatable bonds is 5. The number of aromatic nitrogens is 4. The predicted octanol–water partition coefficient (Wildman–Crippen LogP) is 1.35. The van der Waals surface area contributed by atoms with E-state index in [1.165, 1.54) is 21.0 Å². The minimum Gasteiger partial charge on any atom is -0.390 e. The molecule has 1 atom stereocenters. The van der Waals surface area contributed by atoms with Crippen molar-refractivity contribution < 1.29 is 9.72 Å². The summed E-state index contributed by atoms with van der Waals surface area (Å²) in [6, 6.07) is 5.88. The van der Waals surface area contributed by atoms with Crippen LogP contribution in [0.25, 0.3) is 11.2 Å². The maximum absolute atomic E-state index is 13.0. The molecule has 0 spiro atoms. The standard InChI is InChI=1S/C18H19N5O5/c1-5-11-6-8-12(9-7-11)14(24)10(2)22-15-13(19-17(22)23(27)28)16(25)21(4)18(26)20(15)3/h6-10H,5H2,1-4H3/t10-/m1/s1. The Morgan fingerprint density at radius 3 is 2.32 bits per heavy atom. The molecule has 3 rings (SSSR count). The van der Waals surface area contributed by atoms with Gasteiger partial charge in [0.1, 0.15) is 6.04 Å². The van der Waals surface area contributed by atoms with Gasteiger partial charge in [0.05, 0.1) is 0 Å². The fourth-order valence-electron chi connectivity index (χ4n) is 3.19. The van der Waals surface area contributed by atoms with E-state index >= 15 is 0 Å². The normalized spacial score (nSPS) is 12.3. The number of Topliss-reactive ketones (excluding diaryl/α,β-unsaturated/α-hetero) is 1. The number of carbonyl (C=O) groups is 1. The second kappa shape index (κ2) is 6.87. The van der Waals surface area contributed by atoms with Crippen LogP contribution in [0.1, 0.15) is 35.8 Å². The van der Waals surface area contributed by atoms with Crippen molar-refractivity contribution in [3.63, 3.8) is 0 Å². The molecule has 0 unspecified atom stereocenters. The molecule has 10 nitrogen and oxygen atoms in total. The Morgan fingerprint density at radius 1 is 1.18 bits per heavy atom. The first kappa shape index (κ1) is 19.2. The van der Waals surface area contributed by atoms with Gasteiger partial charge in [-0.15, -0.1) is 0 Å². The minimum atomic E-state index is -1.05. The molecular formula is C18H19N5O5. The summed E-state index contributed by atoms with van der Waals surface area (Å²) in [7, 11) is 2.64. The van der Waals surface area contributed by atoms with Crippen molar-refractivity contribution in [3.05, 3.63) is 66.3 Å². The van der Waals surface area contributed by atoms with Crippen LogP contribution in [-0.4, -0.2) is 29.4 Å². The molecule has 2 heterocycles. The number of hydrogen-bond acceptors (Lipinski definition) is 6. The average molecular weight is 385 g/mol. The summed E-state index contributed by atoms with van der Waals surface area (Å²) in [6.45, 7) is 3.47. The summed E-state index contributed by atoms with van der Waals surface area (Å²) < 4.78 is 2.94. The van der Waals surface area contributed by atoms with Crippen molar-refractivity contribution in [3.8, 4) is 0 Å². The van der Waals surface area contributed by atoms with Crippen LogP contribution in [0, 0.1) is 10.1 Å². The molecule has 0 aliphatic carbocycles. The van der Waals surface area contributed by atoms with Crippen LogP contribution >= 0.6 is 0 Å². The second-order valence-corrected chi connectivity index (χ2v) is 6.51. The number of benzene rings is 1. The first-order valence-corrected chi connectivity index (χ1v) is 8.64. The zero-order valence-corrected chi connectivity index (χ0v) is 15.9. The lowest BCUT2D eigenvalue weighted by atomic mass is 10.0. The van der Waals surface area contributed by atoms with E-state index in [1.54, 1.807) is 12.1 Å². The molecular weight excluding hydrogens is 366 g/mol. The molecule has 0 aliphatic heterocycles. The summed E-state index contributed by atoms with van der Waals surface area (Å²) in [5.41, 5.74) is -0.306. The predicted molar refractivity (Wildman–Crippen MR) is 102 cm³/mol. The highest BCUT2D eigenvalue weighted by Gasteiger charge is 2.34. The lowest BCUT2D eigenvalue weighted by Crippen LogP contribution is -2.37. The SMILES string of the molecule is CCc1ccc(C(=O)[C@@H](C)n2c([N+](=O)[O-])nc3c(=O)n(C)c(=O)n(C)c32)cc1. The third-order valence-electron chi connectivity index (χ3n) is 4.84. The molecule has 0 bridgehead atoms. The van der Waals surface area contributed by atoms with Crippen LogP contribution in [-0.2, 0) is 20.5 Å². The van der Waals surface area contributed by atoms with Crippen LogP contribution in [0.4, 0.5) is 5.95 Å². The van der Waals surface area contributed by atoms with Gasteiger partial charge in [0.2, 0.25) is 5.65 Å². The fourth-order valence-corrected chi connectivity index (χ4v) is 3.19. The van der Waals surface area contributed by atoms with Gasteiger partial charge in [-0.1, -0.05) is 36.2 Å². The first-order valence-electron chi connectivity index (χ1n) is 8.64. The highest BCUT2D eigenvalue weighted by molar-refractivity contribution is 5.99. The monoisotopic (exact) mass is 385 g/mol. The quantitative estimate of drug-likeness (QED) is 0.371. The van der Waals surface area contributed by atoms with E-state index in [2.05, 4.69) is 4.98 Å². The number of imidazole rings is 1. The summed E-state index contributed by atoms with van der Waals surface area (Å²) in [4.78, 5) is 52.2. The fraction of sp³-hybridized carbons (Fsp3) is 0.333. The van der Waals surface area contributed by atoms with Crippen molar-refractivity contribution in [2.75, 3.05) is 0 Å². The summed E-state index contributed by atoms with van der Waals surface area (Å²) in [5, 5.41) is 11.5. The molecule has 3 aromatic rings. The van der Waals surface area contributed by atoms with Crippen LogP contribution in [0.15, 0.2) is 33.9 Å². The molecule has 2 aromatic heterocycles. The van der Waals surface area contributed by atoms with E-state index in [9.17, 15) is 24.5 Å². The van der Waals surface area contributed by atoms with Gasteiger partial charge >= 0.3 is 17.2 Å². The number of carbonyl (C=O) groups excluding carboxylic acids is 1. The van der Waals surface area contributed by atoms with E-state index in [0.717, 1.165) is 25.7 Å².